The van der Waals surface area contributed by atoms with Crippen LogP contribution in [0.25, 0.3) is 0 Å². The van der Waals surface area contributed by atoms with Crippen LogP contribution in [0.4, 0.5) is 18.9 Å². The molecule has 0 radical (unpaired) electrons. The molecule has 12 heteroatoms. The van der Waals surface area contributed by atoms with Gasteiger partial charge in [0.05, 0.1) is 23.7 Å². The van der Waals surface area contributed by atoms with E-state index in [4.69, 9.17) is 16.3 Å². The first-order valence-corrected chi connectivity index (χ1v) is 14.4. The average molecular weight is 620 g/mol. The smallest absolute Gasteiger partial charge is 0.417 e. The van der Waals surface area contributed by atoms with E-state index in [0.29, 0.717) is 41.6 Å². The molecular formula is C28H31Cl2F3N2O4S. The Labute approximate surface area is 243 Å². The quantitative estimate of drug-likeness (QED) is 0.269. The topological polar surface area (TPSA) is 70.1 Å². The van der Waals surface area contributed by atoms with Gasteiger partial charge in [0.2, 0.25) is 0 Å². The zero-order chi connectivity index (χ0) is 28.1. The van der Waals surface area contributed by atoms with Gasteiger partial charge in [0.1, 0.15) is 5.75 Å². The van der Waals surface area contributed by atoms with Crippen LogP contribution in [0.5, 0.6) is 5.75 Å². The molecule has 4 rings (SSSR count). The molecule has 3 aromatic carbocycles. The lowest BCUT2D eigenvalue weighted by Gasteiger charge is -2.39. The fourth-order valence-corrected chi connectivity index (χ4v) is 6.04. The van der Waals surface area contributed by atoms with Crippen molar-refractivity contribution in [3.63, 3.8) is 0 Å². The maximum Gasteiger partial charge on any atom is 0.417 e. The van der Waals surface area contributed by atoms with Crippen LogP contribution in [0.2, 0.25) is 5.02 Å². The molecular weight excluding hydrogens is 588 g/mol. The normalized spacial score (nSPS) is 15.7. The molecule has 40 heavy (non-hydrogen) atoms. The van der Waals surface area contributed by atoms with E-state index in [-0.39, 0.29) is 49.8 Å². The summed E-state index contributed by atoms with van der Waals surface area (Å²) in [5, 5.41) is 10.3. The number of anilines is 1. The molecule has 3 aromatic rings. The third-order valence-corrected chi connectivity index (χ3v) is 8.86. The average Bonchev–Trinajstić information content (AvgIpc) is 2.91. The zero-order valence-corrected chi connectivity index (χ0v) is 23.9. The number of alkyl halides is 3. The Hall–Kier alpha value is -2.50. The molecule has 6 nitrogen and oxygen atoms in total. The number of halogens is 5. The Kier molecular flexibility index (Phi) is 10.8. The van der Waals surface area contributed by atoms with Crippen LogP contribution < -0.4 is 9.04 Å². The summed E-state index contributed by atoms with van der Waals surface area (Å²) in [5.41, 5.74) is -1.46. The maximum atomic E-state index is 13.7. The van der Waals surface area contributed by atoms with Crippen LogP contribution in [0, 0.1) is 0 Å². The lowest BCUT2D eigenvalue weighted by Crippen LogP contribution is -2.53. The molecule has 1 saturated heterocycles. The Balaban J connectivity index is 0.00000441. The standard InChI is InChI=1S/C28H30ClF3N2O4S.ClH/c29-23-11-13-25(14-12-23)39(36,37)34(24-8-2-1-3-9-24)21-22-7-4-5-10-26(22)38-20-6-17-33-18-15-27(35,16-19-33)28(30,31)32;/h1-5,7-14,35H,6,15-21H2;1H. The summed E-state index contributed by atoms with van der Waals surface area (Å²) in [4.78, 5) is 1.98. The van der Waals surface area contributed by atoms with Gasteiger partial charge in [0.15, 0.2) is 5.60 Å². The van der Waals surface area contributed by atoms with Crippen LogP contribution in [-0.4, -0.2) is 56.4 Å². The van der Waals surface area contributed by atoms with Crippen molar-refractivity contribution in [3.05, 3.63) is 89.4 Å². The summed E-state index contributed by atoms with van der Waals surface area (Å²) in [7, 11) is -3.93. The molecule has 0 amide bonds. The van der Waals surface area contributed by atoms with Gasteiger partial charge in [-0.3, -0.25) is 4.31 Å². The first-order chi connectivity index (χ1) is 18.5. The second kappa shape index (κ2) is 13.4. The van der Waals surface area contributed by atoms with E-state index in [2.05, 4.69) is 0 Å². The number of hydrogen-bond acceptors (Lipinski definition) is 5. The molecule has 1 aliphatic rings. The van der Waals surface area contributed by atoms with Crippen LogP contribution in [-0.2, 0) is 16.6 Å². The van der Waals surface area contributed by atoms with Crippen LogP contribution in [0.15, 0.2) is 83.8 Å². The molecule has 1 aliphatic heterocycles. The van der Waals surface area contributed by atoms with Crippen molar-refractivity contribution in [2.75, 3.05) is 30.5 Å². The molecule has 0 spiro atoms. The van der Waals surface area contributed by atoms with E-state index in [9.17, 15) is 26.7 Å². The van der Waals surface area contributed by atoms with E-state index in [0.717, 1.165) is 0 Å². The van der Waals surface area contributed by atoms with Gasteiger partial charge in [0.25, 0.3) is 10.0 Å². The number of benzene rings is 3. The van der Waals surface area contributed by atoms with Gasteiger partial charge in [-0.25, -0.2) is 8.42 Å². The van der Waals surface area contributed by atoms with Crippen molar-refractivity contribution >= 4 is 39.7 Å². The lowest BCUT2D eigenvalue weighted by molar-refractivity contribution is -0.272. The molecule has 0 saturated carbocycles. The predicted octanol–water partition coefficient (Wildman–Crippen LogP) is 6.32. The number of para-hydroxylation sites is 2. The molecule has 1 N–H and O–H groups in total. The fraction of sp³-hybridized carbons (Fsp3) is 0.357. The number of sulfonamides is 1. The van der Waals surface area contributed by atoms with Gasteiger partial charge in [-0.15, -0.1) is 12.4 Å². The molecule has 1 heterocycles. The minimum atomic E-state index is -4.62. The highest BCUT2D eigenvalue weighted by Crippen LogP contribution is 2.38. The van der Waals surface area contributed by atoms with E-state index in [1.807, 2.05) is 4.90 Å². The number of hydrogen-bond donors (Lipinski definition) is 1. The number of piperidine rings is 1. The Morgan fingerprint density at radius 2 is 1.55 bits per heavy atom. The number of rotatable bonds is 10. The van der Waals surface area contributed by atoms with E-state index < -0.39 is 21.8 Å². The monoisotopic (exact) mass is 618 g/mol. The molecule has 0 unspecified atom stereocenters. The molecule has 0 atom stereocenters. The summed E-state index contributed by atoms with van der Waals surface area (Å²) < 4.78 is 73.7. The van der Waals surface area contributed by atoms with Crippen molar-refractivity contribution < 1.29 is 31.4 Å². The summed E-state index contributed by atoms with van der Waals surface area (Å²) in [6.07, 6.45) is -4.76. The number of likely N-dealkylation sites (tertiary alicyclic amines) is 1. The maximum absolute atomic E-state index is 13.7. The van der Waals surface area contributed by atoms with Crippen molar-refractivity contribution in [1.82, 2.24) is 4.90 Å². The predicted molar refractivity (Wildman–Crippen MR) is 152 cm³/mol. The molecule has 0 bridgehead atoms. The van der Waals surface area contributed by atoms with Crippen molar-refractivity contribution in [3.8, 4) is 5.75 Å². The SMILES string of the molecule is Cl.O=S(=O)(c1ccc(Cl)cc1)N(Cc1ccccc1OCCCN1CCC(O)(C(F)(F)F)CC1)c1ccccc1. The van der Waals surface area contributed by atoms with E-state index in [1.165, 1.54) is 28.6 Å². The van der Waals surface area contributed by atoms with Crippen LogP contribution in [0.3, 0.4) is 0 Å². The number of aliphatic hydroxyl groups is 1. The Morgan fingerprint density at radius 1 is 0.950 bits per heavy atom. The first-order valence-electron chi connectivity index (χ1n) is 12.6. The largest absolute Gasteiger partial charge is 0.493 e. The third kappa shape index (κ3) is 7.61. The van der Waals surface area contributed by atoms with Gasteiger partial charge in [0, 0.05) is 30.2 Å². The second-order valence-corrected chi connectivity index (χ2v) is 11.8. The highest BCUT2D eigenvalue weighted by molar-refractivity contribution is 7.92. The van der Waals surface area contributed by atoms with Crippen molar-refractivity contribution in [2.45, 2.75) is 42.5 Å². The van der Waals surface area contributed by atoms with E-state index >= 15 is 0 Å². The minimum absolute atomic E-state index is 0. The van der Waals surface area contributed by atoms with Crippen LogP contribution in [0.1, 0.15) is 24.8 Å². The highest BCUT2D eigenvalue weighted by Gasteiger charge is 2.54. The molecule has 0 aromatic heterocycles. The summed E-state index contributed by atoms with van der Waals surface area (Å²) >= 11 is 5.97. The Morgan fingerprint density at radius 3 is 2.17 bits per heavy atom. The highest BCUT2D eigenvalue weighted by atomic mass is 35.5. The molecule has 0 aliphatic carbocycles. The van der Waals surface area contributed by atoms with Crippen molar-refractivity contribution in [2.24, 2.45) is 0 Å². The first kappa shape index (κ1) is 32.0. The lowest BCUT2D eigenvalue weighted by atomic mass is 9.91. The minimum Gasteiger partial charge on any atom is -0.493 e. The van der Waals surface area contributed by atoms with Gasteiger partial charge in [-0.05, 0) is 61.7 Å². The van der Waals surface area contributed by atoms with Gasteiger partial charge < -0.3 is 14.7 Å². The fourth-order valence-electron chi connectivity index (χ4n) is 4.47. The van der Waals surface area contributed by atoms with Gasteiger partial charge in [-0.2, -0.15) is 13.2 Å². The summed E-state index contributed by atoms with van der Waals surface area (Å²) in [6, 6.07) is 21.9. The van der Waals surface area contributed by atoms with Crippen LogP contribution >= 0.6 is 24.0 Å². The van der Waals surface area contributed by atoms with Crippen molar-refractivity contribution in [1.29, 1.82) is 0 Å². The summed E-state index contributed by atoms with van der Waals surface area (Å²) in [6.45, 7) is 1.15. The third-order valence-electron chi connectivity index (χ3n) is 6.82. The number of ether oxygens (including phenoxy) is 1. The zero-order valence-electron chi connectivity index (χ0n) is 21.6. The number of nitrogens with zero attached hydrogens (tertiary/aromatic N) is 2. The Bertz CT molecular complexity index is 1340. The van der Waals surface area contributed by atoms with Gasteiger partial charge >= 0.3 is 6.18 Å². The second-order valence-electron chi connectivity index (χ2n) is 9.48. The summed E-state index contributed by atoms with van der Waals surface area (Å²) in [5.74, 6) is 0.523. The van der Waals surface area contributed by atoms with E-state index in [1.54, 1.807) is 54.6 Å². The molecule has 218 valence electrons. The van der Waals surface area contributed by atoms with Gasteiger partial charge in [-0.1, -0.05) is 48.0 Å². The molecule has 1 fully saturated rings.